The van der Waals surface area contributed by atoms with E-state index < -0.39 is 0 Å². The molecule has 0 aliphatic carbocycles. The normalized spacial score (nSPS) is 10.4. The van der Waals surface area contributed by atoms with Crippen LogP contribution in [0.4, 0.5) is 0 Å². The van der Waals surface area contributed by atoms with Crippen molar-refractivity contribution in [1.29, 1.82) is 0 Å². The van der Waals surface area contributed by atoms with E-state index in [1.54, 1.807) is 6.07 Å². The summed E-state index contributed by atoms with van der Waals surface area (Å²) in [4.78, 5) is 11.1. The SMILES string of the molecule is Cc1cc(C(N)=O)ccc1CNCCc1ccccc1. The Morgan fingerprint density at radius 1 is 1.15 bits per heavy atom. The maximum Gasteiger partial charge on any atom is 0.248 e. The molecule has 2 aromatic carbocycles. The standard InChI is InChI=1S/C17H20N2O/c1-13-11-15(17(18)20)7-8-16(13)12-19-10-9-14-5-3-2-4-6-14/h2-8,11,19H,9-10,12H2,1H3,(H2,18,20). The number of carbonyl (C=O) groups excluding carboxylic acids is 1. The van der Waals surface area contributed by atoms with Gasteiger partial charge >= 0.3 is 0 Å². The van der Waals surface area contributed by atoms with Crippen molar-refractivity contribution in [2.45, 2.75) is 19.9 Å². The van der Waals surface area contributed by atoms with Crippen LogP contribution in [0, 0.1) is 6.92 Å². The first-order chi connectivity index (χ1) is 9.66. The third kappa shape index (κ3) is 3.93. The van der Waals surface area contributed by atoms with E-state index in [2.05, 4.69) is 29.6 Å². The van der Waals surface area contributed by atoms with Gasteiger partial charge in [0.1, 0.15) is 0 Å². The lowest BCUT2D eigenvalue weighted by molar-refractivity contribution is 0.1000. The molecule has 0 aliphatic rings. The molecule has 3 heteroatoms. The molecule has 2 rings (SSSR count). The monoisotopic (exact) mass is 268 g/mol. The van der Waals surface area contributed by atoms with Crippen molar-refractivity contribution in [3.63, 3.8) is 0 Å². The van der Waals surface area contributed by atoms with Crippen molar-refractivity contribution >= 4 is 5.91 Å². The van der Waals surface area contributed by atoms with Crippen molar-refractivity contribution in [3.8, 4) is 0 Å². The number of amides is 1. The smallest absolute Gasteiger partial charge is 0.248 e. The fourth-order valence-electron chi connectivity index (χ4n) is 2.15. The van der Waals surface area contributed by atoms with Gasteiger partial charge < -0.3 is 11.1 Å². The number of benzene rings is 2. The Hall–Kier alpha value is -2.13. The van der Waals surface area contributed by atoms with Gasteiger partial charge in [0.25, 0.3) is 0 Å². The minimum atomic E-state index is -0.378. The number of hydrogen-bond donors (Lipinski definition) is 2. The number of carbonyl (C=O) groups is 1. The zero-order valence-electron chi connectivity index (χ0n) is 11.7. The number of primary amides is 1. The number of nitrogens with two attached hydrogens (primary N) is 1. The molecule has 0 heterocycles. The molecule has 0 spiro atoms. The highest BCUT2D eigenvalue weighted by atomic mass is 16.1. The van der Waals surface area contributed by atoms with Crippen LogP contribution in [0.25, 0.3) is 0 Å². The second kappa shape index (κ2) is 6.87. The Morgan fingerprint density at radius 2 is 1.90 bits per heavy atom. The van der Waals surface area contributed by atoms with Crippen molar-refractivity contribution in [1.82, 2.24) is 5.32 Å². The van der Waals surface area contributed by atoms with Gasteiger partial charge in [-0.2, -0.15) is 0 Å². The molecule has 20 heavy (non-hydrogen) atoms. The lowest BCUT2D eigenvalue weighted by Gasteiger charge is -2.09. The lowest BCUT2D eigenvalue weighted by atomic mass is 10.0. The summed E-state index contributed by atoms with van der Waals surface area (Å²) >= 11 is 0. The third-order valence-corrected chi connectivity index (χ3v) is 3.38. The summed E-state index contributed by atoms with van der Waals surface area (Å²) in [5.41, 5.74) is 9.45. The summed E-state index contributed by atoms with van der Waals surface area (Å²) < 4.78 is 0. The van der Waals surface area contributed by atoms with Crippen LogP contribution >= 0.6 is 0 Å². The molecule has 0 atom stereocenters. The first-order valence-corrected chi connectivity index (χ1v) is 6.81. The van der Waals surface area contributed by atoms with E-state index in [-0.39, 0.29) is 5.91 Å². The average Bonchev–Trinajstić information content (AvgIpc) is 2.46. The molecule has 0 aromatic heterocycles. The Kier molecular flexibility index (Phi) is 4.91. The number of nitrogens with one attached hydrogen (secondary N) is 1. The first kappa shape index (κ1) is 14.3. The molecule has 0 saturated heterocycles. The van der Waals surface area contributed by atoms with Crippen molar-refractivity contribution in [2.24, 2.45) is 5.73 Å². The predicted octanol–water partition coefficient (Wildman–Crippen LogP) is 2.43. The summed E-state index contributed by atoms with van der Waals surface area (Å²) in [6.45, 7) is 3.74. The van der Waals surface area contributed by atoms with Gasteiger partial charge in [-0.15, -0.1) is 0 Å². The van der Waals surface area contributed by atoms with E-state index >= 15 is 0 Å². The van der Waals surface area contributed by atoms with Crippen LogP contribution in [0.3, 0.4) is 0 Å². The fourth-order valence-corrected chi connectivity index (χ4v) is 2.15. The van der Waals surface area contributed by atoms with Crippen LogP contribution in [0.15, 0.2) is 48.5 Å². The Bertz CT molecular complexity index is 579. The predicted molar refractivity (Wildman–Crippen MR) is 81.5 cm³/mol. The molecule has 0 unspecified atom stereocenters. The Balaban J connectivity index is 1.84. The van der Waals surface area contributed by atoms with Gasteiger partial charge in [-0.05, 0) is 48.7 Å². The largest absolute Gasteiger partial charge is 0.366 e. The molecule has 3 nitrogen and oxygen atoms in total. The topological polar surface area (TPSA) is 55.1 Å². The van der Waals surface area contributed by atoms with Gasteiger partial charge in [-0.1, -0.05) is 36.4 Å². The molecular weight excluding hydrogens is 248 g/mol. The van der Waals surface area contributed by atoms with E-state index in [9.17, 15) is 4.79 Å². The molecule has 1 amide bonds. The van der Waals surface area contributed by atoms with Gasteiger partial charge in [0.2, 0.25) is 5.91 Å². The van der Waals surface area contributed by atoms with E-state index in [4.69, 9.17) is 5.73 Å². The molecule has 0 aliphatic heterocycles. The van der Waals surface area contributed by atoms with Crippen LogP contribution in [-0.4, -0.2) is 12.5 Å². The highest BCUT2D eigenvalue weighted by molar-refractivity contribution is 5.93. The number of aryl methyl sites for hydroxylation is 1. The first-order valence-electron chi connectivity index (χ1n) is 6.81. The molecule has 0 bridgehead atoms. The van der Waals surface area contributed by atoms with Crippen LogP contribution in [-0.2, 0) is 13.0 Å². The minimum Gasteiger partial charge on any atom is -0.366 e. The highest BCUT2D eigenvalue weighted by Crippen LogP contribution is 2.10. The van der Waals surface area contributed by atoms with Crippen LogP contribution in [0.5, 0.6) is 0 Å². The highest BCUT2D eigenvalue weighted by Gasteiger charge is 2.03. The van der Waals surface area contributed by atoms with Gasteiger partial charge in [0.15, 0.2) is 0 Å². The molecule has 104 valence electrons. The van der Waals surface area contributed by atoms with E-state index in [0.717, 1.165) is 25.1 Å². The maximum atomic E-state index is 11.1. The zero-order chi connectivity index (χ0) is 14.4. The van der Waals surface area contributed by atoms with E-state index in [0.29, 0.717) is 5.56 Å². The van der Waals surface area contributed by atoms with Crippen molar-refractivity contribution in [2.75, 3.05) is 6.54 Å². The third-order valence-electron chi connectivity index (χ3n) is 3.38. The van der Waals surface area contributed by atoms with Gasteiger partial charge in [0.05, 0.1) is 0 Å². The summed E-state index contributed by atoms with van der Waals surface area (Å²) in [7, 11) is 0. The molecular formula is C17H20N2O. The van der Waals surface area contributed by atoms with Crippen LogP contribution in [0.2, 0.25) is 0 Å². The van der Waals surface area contributed by atoms with Crippen LogP contribution < -0.4 is 11.1 Å². The maximum absolute atomic E-state index is 11.1. The summed E-state index contributed by atoms with van der Waals surface area (Å²) in [6.07, 6.45) is 1.01. The number of hydrogen-bond acceptors (Lipinski definition) is 2. The summed E-state index contributed by atoms with van der Waals surface area (Å²) in [6, 6.07) is 16.0. The molecule has 0 saturated carbocycles. The Morgan fingerprint density at radius 3 is 2.55 bits per heavy atom. The van der Waals surface area contributed by atoms with Gasteiger partial charge in [0, 0.05) is 12.1 Å². The molecule has 0 radical (unpaired) electrons. The van der Waals surface area contributed by atoms with E-state index in [1.165, 1.54) is 11.1 Å². The number of rotatable bonds is 6. The quantitative estimate of drug-likeness (QED) is 0.791. The van der Waals surface area contributed by atoms with Crippen molar-refractivity contribution in [3.05, 3.63) is 70.8 Å². The minimum absolute atomic E-state index is 0.378. The molecule has 3 N–H and O–H groups in total. The van der Waals surface area contributed by atoms with Gasteiger partial charge in [-0.25, -0.2) is 0 Å². The summed E-state index contributed by atoms with van der Waals surface area (Å²) in [5.74, 6) is -0.378. The second-order valence-electron chi connectivity index (χ2n) is 4.92. The fraction of sp³-hybridized carbons (Fsp3) is 0.235. The second-order valence-corrected chi connectivity index (χ2v) is 4.92. The van der Waals surface area contributed by atoms with Crippen molar-refractivity contribution < 1.29 is 4.79 Å². The Labute approximate surface area is 119 Å². The summed E-state index contributed by atoms with van der Waals surface area (Å²) in [5, 5.41) is 3.42. The van der Waals surface area contributed by atoms with E-state index in [1.807, 2.05) is 25.1 Å². The van der Waals surface area contributed by atoms with Crippen LogP contribution in [0.1, 0.15) is 27.0 Å². The average molecular weight is 268 g/mol. The lowest BCUT2D eigenvalue weighted by Crippen LogP contribution is -2.18. The zero-order valence-corrected chi connectivity index (χ0v) is 11.7. The molecule has 0 fully saturated rings. The van der Waals surface area contributed by atoms with Gasteiger partial charge in [-0.3, -0.25) is 4.79 Å². The molecule has 2 aromatic rings.